The molecule has 2 N–H and O–H groups in total. The Labute approximate surface area is 216 Å². The van der Waals surface area contributed by atoms with E-state index in [-0.39, 0.29) is 35.7 Å². The number of aromatic nitrogens is 4. The number of anilines is 1. The lowest BCUT2D eigenvalue weighted by molar-refractivity contribution is 0.383. The van der Waals surface area contributed by atoms with Gasteiger partial charge in [-0.15, -0.1) is 0 Å². The molecule has 1 saturated heterocycles. The van der Waals surface area contributed by atoms with Crippen molar-refractivity contribution < 1.29 is 12.8 Å². The SMILES string of the molecule is CCCn1c(=O)[nH]c2nc(-c3ccc(S(=O)(=O)N4CCN(c5ccc(Cl)cc5F)CC4)cc3)[nH]c2c1=O. The Hall–Kier alpha value is -3.48. The van der Waals surface area contributed by atoms with Gasteiger partial charge in [-0.2, -0.15) is 4.31 Å². The summed E-state index contributed by atoms with van der Waals surface area (Å²) in [7, 11) is -3.77. The average molecular weight is 547 g/mol. The zero-order chi connectivity index (χ0) is 26.3. The number of hydrogen-bond acceptors (Lipinski definition) is 6. The first-order valence-corrected chi connectivity index (χ1v) is 13.5. The smallest absolute Gasteiger partial charge is 0.330 e. The van der Waals surface area contributed by atoms with Crippen LogP contribution in [0, 0.1) is 5.82 Å². The molecule has 0 aliphatic carbocycles. The lowest BCUT2D eigenvalue weighted by atomic mass is 10.2. The molecule has 0 radical (unpaired) electrons. The van der Waals surface area contributed by atoms with E-state index in [1.54, 1.807) is 29.2 Å². The van der Waals surface area contributed by atoms with Crippen molar-refractivity contribution in [3.63, 3.8) is 0 Å². The minimum Gasteiger partial charge on any atom is -0.367 e. The molecule has 0 amide bonds. The standard InChI is InChI=1S/C24H24ClFN6O4S/c1-2-9-32-23(33)20-22(29-24(32)34)28-21(27-20)15-3-6-17(7-4-15)37(35,36)31-12-10-30(11-13-31)19-8-5-16(25)14-18(19)26/h3-8,14H,2,9-13H2,1H3,(H,27,28)(H,29,34). The van der Waals surface area contributed by atoms with Gasteiger partial charge in [0, 0.05) is 43.3 Å². The summed E-state index contributed by atoms with van der Waals surface area (Å²) in [5, 5.41) is 0.301. The molecule has 1 fully saturated rings. The molecule has 0 unspecified atom stereocenters. The van der Waals surface area contributed by atoms with Crippen LogP contribution in [-0.4, -0.2) is 58.4 Å². The second-order valence-electron chi connectivity index (χ2n) is 8.71. The molecular formula is C24H24ClFN6O4S. The second-order valence-corrected chi connectivity index (χ2v) is 11.1. The molecule has 13 heteroatoms. The third-order valence-corrected chi connectivity index (χ3v) is 8.48. The number of halogens is 2. The lowest BCUT2D eigenvalue weighted by Gasteiger charge is -2.35. The molecule has 0 atom stereocenters. The van der Waals surface area contributed by atoms with E-state index in [9.17, 15) is 22.4 Å². The van der Waals surface area contributed by atoms with Crippen LogP contribution >= 0.6 is 11.6 Å². The number of aromatic amines is 2. The van der Waals surface area contributed by atoms with Crippen molar-refractivity contribution >= 4 is 38.5 Å². The van der Waals surface area contributed by atoms with Gasteiger partial charge in [-0.3, -0.25) is 14.3 Å². The maximum absolute atomic E-state index is 14.3. The first-order chi connectivity index (χ1) is 17.7. The van der Waals surface area contributed by atoms with Crippen molar-refractivity contribution in [3.8, 4) is 11.4 Å². The summed E-state index contributed by atoms with van der Waals surface area (Å²) in [5.74, 6) is -0.113. The average Bonchev–Trinajstić information content (AvgIpc) is 3.31. The van der Waals surface area contributed by atoms with Gasteiger partial charge >= 0.3 is 5.69 Å². The number of fused-ring (bicyclic) bond motifs is 1. The highest BCUT2D eigenvalue weighted by Crippen LogP contribution is 2.26. The number of nitrogens with one attached hydrogen (secondary N) is 2. The van der Waals surface area contributed by atoms with E-state index in [1.807, 2.05) is 6.92 Å². The Kier molecular flexibility index (Phi) is 6.65. The van der Waals surface area contributed by atoms with Gasteiger partial charge in [-0.25, -0.2) is 22.6 Å². The van der Waals surface area contributed by atoms with Crippen molar-refractivity contribution in [1.29, 1.82) is 0 Å². The summed E-state index contributed by atoms with van der Waals surface area (Å²) < 4.78 is 43.2. The third-order valence-electron chi connectivity index (χ3n) is 6.34. The Balaban J connectivity index is 1.34. The first kappa shape index (κ1) is 25.2. The highest BCUT2D eigenvalue weighted by molar-refractivity contribution is 7.89. The van der Waals surface area contributed by atoms with Gasteiger partial charge in [0.15, 0.2) is 5.65 Å². The molecule has 0 spiro atoms. The van der Waals surface area contributed by atoms with Crippen LogP contribution in [0.2, 0.25) is 5.02 Å². The van der Waals surface area contributed by atoms with Crippen LogP contribution in [0.15, 0.2) is 56.9 Å². The van der Waals surface area contributed by atoms with Gasteiger partial charge in [0.05, 0.1) is 10.6 Å². The summed E-state index contributed by atoms with van der Waals surface area (Å²) in [6, 6.07) is 10.6. The molecule has 1 aliphatic heterocycles. The van der Waals surface area contributed by atoms with Crippen LogP contribution in [0.25, 0.3) is 22.6 Å². The van der Waals surface area contributed by atoms with Crippen LogP contribution in [0.4, 0.5) is 10.1 Å². The van der Waals surface area contributed by atoms with E-state index in [1.165, 1.54) is 22.5 Å². The predicted octanol–water partition coefficient (Wildman–Crippen LogP) is 2.79. The summed E-state index contributed by atoms with van der Waals surface area (Å²) in [6.07, 6.45) is 0.623. The first-order valence-electron chi connectivity index (χ1n) is 11.7. The monoisotopic (exact) mass is 546 g/mol. The molecule has 10 nitrogen and oxygen atoms in total. The maximum atomic E-state index is 14.3. The van der Waals surface area contributed by atoms with Gasteiger partial charge in [0.2, 0.25) is 10.0 Å². The van der Waals surface area contributed by atoms with Crippen molar-refractivity contribution in [1.82, 2.24) is 23.8 Å². The van der Waals surface area contributed by atoms with E-state index in [0.29, 0.717) is 41.6 Å². The van der Waals surface area contributed by atoms with E-state index >= 15 is 0 Å². The molecule has 0 saturated carbocycles. The van der Waals surface area contributed by atoms with Crippen molar-refractivity contribution in [2.24, 2.45) is 0 Å². The molecule has 2 aromatic carbocycles. The van der Waals surface area contributed by atoms with E-state index in [2.05, 4.69) is 15.0 Å². The zero-order valence-electron chi connectivity index (χ0n) is 19.9. The molecular weight excluding hydrogens is 523 g/mol. The topological polar surface area (TPSA) is 124 Å². The Morgan fingerprint density at radius 2 is 1.73 bits per heavy atom. The fraction of sp³-hybridized carbons (Fsp3) is 0.292. The maximum Gasteiger partial charge on any atom is 0.330 e. The summed E-state index contributed by atoms with van der Waals surface area (Å²) in [5.41, 5.74) is 0.271. The molecule has 0 bridgehead atoms. The summed E-state index contributed by atoms with van der Waals surface area (Å²) >= 11 is 5.83. The fourth-order valence-corrected chi connectivity index (χ4v) is 6.00. The molecule has 1 aliphatic rings. The minimum absolute atomic E-state index is 0.109. The quantitative estimate of drug-likeness (QED) is 0.383. The molecule has 37 heavy (non-hydrogen) atoms. The number of nitrogens with zero attached hydrogens (tertiary/aromatic N) is 4. The van der Waals surface area contributed by atoms with E-state index < -0.39 is 27.1 Å². The fourth-order valence-electron chi connectivity index (χ4n) is 4.42. The van der Waals surface area contributed by atoms with Crippen molar-refractivity contribution in [2.45, 2.75) is 24.8 Å². The van der Waals surface area contributed by atoms with Crippen LogP contribution in [0.5, 0.6) is 0 Å². The molecule has 2 aromatic heterocycles. The number of rotatable bonds is 6. The van der Waals surface area contributed by atoms with Crippen LogP contribution < -0.4 is 16.1 Å². The zero-order valence-corrected chi connectivity index (χ0v) is 21.4. The Bertz CT molecular complexity index is 1690. The highest BCUT2D eigenvalue weighted by Gasteiger charge is 2.29. The largest absolute Gasteiger partial charge is 0.367 e. The number of sulfonamides is 1. The van der Waals surface area contributed by atoms with Gasteiger partial charge < -0.3 is 9.88 Å². The number of benzene rings is 2. The minimum atomic E-state index is -3.77. The van der Waals surface area contributed by atoms with Crippen LogP contribution in [0.1, 0.15) is 13.3 Å². The summed E-state index contributed by atoms with van der Waals surface area (Å²) in [4.78, 5) is 36.6. The highest BCUT2D eigenvalue weighted by atomic mass is 35.5. The van der Waals surface area contributed by atoms with Crippen LogP contribution in [-0.2, 0) is 16.6 Å². The molecule has 3 heterocycles. The number of piperazine rings is 1. The predicted molar refractivity (Wildman–Crippen MR) is 139 cm³/mol. The van der Waals surface area contributed by atoms with E-state index in [4.69, 9.17) is 11.6 Å². The molecule has 194 valence electrons. The third kappa shape index (κ3) is 4.67. The van der Waals surface area contributed by atoms with Crippen molar-refractivity contribution in [3.05, 3.63) is 74.1 Å². The van der Waals surface area contributed by atoms with Crippen LogP contribution in [0.3, 0.4) is 0 Å². The Morgan fingerprint density at radius 1 is 1.03 bits per heavy atom. The Morgan fingerprint density at radius 3 is 2.38 bits per heavy atom. The van der Waals surface area contributed by atoms with Gasteiger partial charge in [0.1, 0.15) is 17.2 Å². The van der Waals surface area contributed by atoms with Gasteiger partial charge in [-0.05, 0) is 48.9 Å². The van der Waals surface area contributed by atoms with Crippen molar-refractivity contribution in [2.75, 3.05) is 31.1 Å². The number of H-pyrrole nitrogens is 2. The van der Waals surface area contributed by atoms with E-state index in [0.717, 1.165) is 4.57 Å². The molecule has 5 rings (SSSR count). The lowest BCUT2D eigenvalue weighted by Crippen LogP contribution is -2.48. The molecule has 4 aromatic rings. The number of hydrogen-bond donors (Lipinski definition) is 2. The van der Waals surface area contributed by atoms with Gasteiger partial charge in [-0.1, -0.05) is 18.5 Å². The normalized spacial score (nSPS) is 14.9. The summed E-state index contributed by atoms with van der Waals surface area (Å²) in [6.45, 7) is 3.23. The van der Waals surface area contributed by atoms with Gasteiger partial charge in [0.25, 0.3) is 5.56 Å². The second kappa shape index (κ2) is 9.77. The number of imidazole rings is 1.